The van der Waals surface area contributed by atoms with E-state index in [1.807, 2.05) is 31.2 Å². The molecule has 112 valence electrons. The SMILES string of the molecule is Cc1cccc(CCC(O)Cc2c(F)ccc(Br)c2F)c1. The number of rotatable bonds is 5. The number of aliphatic hydroxyl groups excluding tert-OH is 1. The van der Waals surface area contributed by atoms with E-state index in [0.717, 1.165) is 11.1 Å². The molecule has 0 amide bonds. The van der Waals surface area contributed by atoms with E-state index in [1.54, 1.807) is 0 Å². The van der Waals surface area contributed by atoms with Crippen LogP contribution in [-0.2, 0) is 12.8 Å². The van der Waals surface area contributed by atoms with Crippen LogP contribution in [0.5, 0.6) is 0 Å². The van der Waals surface area contributed by atoms with Gasteiger partial charge in [-0.1, -0.05) is 29.8 Å². The molecule has 0 saturated heterocycles. The van der Waals surface area contributed by atoms with E-state index in [1.165, 1.54) is 12.1 Å². The molecular weight excluding hydrogens is 338 g/mol. The van der Waals surface area contributed by atoms with Crippen LogP contribution in [0.25, 0.3) is 0 Å². The second-order valence-electron chi connectivity index (χ2n) is 5.21. The zero-order valence-electron chi connectivity index (χ0n) is 11.7. The first kappa shape index (κ1) is 16.1. The fraction of sp³-hybridized carbons (Fsp3) is 0.294. The van der Waals surface area contributed by atoms with Crippen molar-refractivity contribution in [1.29, 1.82) is 0 Å². The van der Waals surface area contributed by atoms with Crippen LogP contribution in [0.2, 0.25) is 0 Å². The molecule has 0 aliphatic heterocycles. The van der Waals surface area contributed by atoms with Gasteiger partial charge in [-0.05, 0) is 53.4 Å². The fourth-order valence-corrected chi connectivity index (χ4v) is 2.67. The molecule has 2 aromatic rings. The number of aliphatic hydroxyl groups is 1. The van der Waals surface area contributed by atoms with Crippen molar-refractivity contribution in [3.05, 3.63) is 69.2 Å². The van der Waals surface area contributed by atoms with Gasteiger partial charge in [0.2, 0.25) is 0 Å². The average Bonchev–Trinajstić information content (AvgIpc) is 2.46. The lowest BCUT2D eigenvalue weighted by atomic mass is 10.00. The fourth-order valence-electron chi connectivity index (χ4n) is 2.29. The average molecular weight is 355 g/mol. The minimum absolute atomic E-state index is 0.0249. The summed E-state index contributed by atoms with van der Waals surface area (Å²) in [5, 5.41) is 10.0. The third-order valence-electron chi connectivity index (χ3n) is 3.43. The Kier molecular flexibility index (Phi) is 5.48. The Morgan fingerprint density at radius 2 is 1.95 bits per heavy atom. The van der Waals surface area contributed by atoms with Crippen LogP contribution in [0, 0.1) is 18.6 Å². The molecule has 1 nitrogen and oxygen atoms in total. The summed E-state index contributed by atoms with van der Waals surface area (Å²) in [6.07, 6.45) is 0.349. The van der Waals surface area contributed by atoms with Crippen molar-refractivity contribution in [3.63, 3.8) is 0 Å². The maximum Gasteiger partial charge on any atom is 0.143 e. The highest BCUT2D eigenvalue weighted by Crippen LogP contribution is 2.23. The van der Waals surface area contributed by atoms with Crippen LogP contribution in [0.4, 0.5) is 8.78 Å². The third-order valence-corrected chi connectivity index (χ3v) is 4.04. The zero-order chi connectivity index (χ0) is 15.4. The lowest BCUT2D eigenvalue weighted by Gasteiger charge is -2.13. The van der Waals surface area contributed by atoms with Crippen LogP contribution < -0.4 is 0 Å². The van der Waals surface area contributed by atoms with Crippen molar-refractivity contribution in [2.24, 2.45) is 0 Å². The molecule has 0 radical (unpaired) electrons. The van der Waals surface area contributed by atoms with Crippen molar-refractivity contribution in [2.45, 2.75) is 32.3 Å². The molecule has 0 fully saturated rings. The molecule has 2 rings (SSSR count). The number of hydrogen-bond donors (Lipinski definition) is 1. The Bertz CT molecular complexity index is 628. The lowest BCUT2D eigenvalue weighted by molar-refractivity contribution is 0.162. The summed E-state index contributed by atoms with van der Waals surface area (Å²) in [5.41, 5.74) is 2.21. The van der Waals surface area contributed by atoms with Crippen molar-refractivity contribution < 1.29 is 13.9 Å². The molecule has 0 heterocycles. The summed E-state index contributed by atoms with van der Waals surface area (Å²) < 4.78 is 27.7. The van der Waals surface area contributed by atoms with Gasteiger partial charge in [0.25, 0.3) is 0 Å². The van der Waals surface area contributed by atoms with E-state index < -0.39 is 17.7 Å². The lowest BCUT2D eigenvalue weighted by Crippen LogP contribution is -2.14. The minimum atomic E-state index is -0.774. The van der Waals surface area contributed by atoms with Gasteiger partial charge in [-0.3, -0.25) is 0 Å². The van der Waals surface area contributed by atoms with Gasteiger partial charge in [0.1, 0.15) is 11.6 Å². The molecule has 0 aliphatic rings. The molecule has 2 aromatic carbocycles. The smallest absolute Gasteiger partial charge is 0.143 e. The number of halogens is 3. The van der Waals surface area contributed by atoms with E-state index in [-0.39, 0.29) is 16.5 Å². The molecule has 0 saturated carbocycles. The second-order valence-corrected chi connectivity index (χ2v) is 6.06. The van der Waals surface area contributed by atoms with Crippen molar-refractivity contribution in [2.75, 3.05) is 0 Å². The standard InChI is InChI=1S/C17H17BrF2O/c1-11-3-2-4-12(9-11)5-6-13(21)10-14-16(19)8-7-15(18)17(14)20/h2-4,7-9,13,21H,5-6,10H2,1H3. The Hall–Kier alpha value is -1.26. The molecule has 0 spiro atoms. The van der Waals surface area contributed by atoms with Crippen LogP contribution in [0.1, 0.15) is 23.1 Å². The molecule has 0 aliphatic carbocycles. The van der Waals surface area contributed by atoms with Gasteiger partial charge in [0.05, 0.1) is 10.6 Å². The maximum atomic E-state index is 13.8. The summed E-state index contributed by atoms with van der Waals surface area (Å²) >= 11 is 3.03. The Morgan fingerprint density at radius 1 is 1.19 bits per heavy atom. The molecular formula is C17H17BrF2O. The quantitative estimate of drug-likeness (QED) is 0.779. The van der Waals surface area contributed by atoms with E-state index in [2.05, 4.69) is 15.9 Å². The summed E-state index contributed by atoms with van der Waals surface area (Å²) in [5.74, 6) is -1.25. The monoisotopic (exact) mass is 354 g/mol. The molecule has 1 unspecified atom stereocenters. The summed E-state index contributed by atoms with van der Waals surface area (Å²) in [6.45, 7) is 2.01. The van der Waals surface area contributed by atoms with E-state index in [4.69, 9.17) is 0 Å². The Balaban J connectivity index is 1.99. The van der Waals surface area contributed by atoms with Gasteiger partial charge < -0.3 is 5.11 Å². The van der Waals surface area contributed by atoms with Gasteiger partial charge in [-0.15, -0.1) is 0 Å². The highest BCUT2D eigenvalue weighted by atomic mass is 79.9. The predicted octanol–water partition coefficient (Wildman–Crippen LogP) is 4.57. The molecule has 4 heteroatoms. The molecule has 1 N–H and O–H groups in total. The topological polar surface area (TPSA) is 20.2 Å². The highest BCUT2D eigenvalue weighted by molar-refractivity contribution is 9.10. The van der Waals surface area contributed by atoms with Gasteiger partial charge >= 0.3 is 0 Å². The van der Waals surface area contributed by atoms with Crippen LogP contribution >= 0.6 is 15.9 Å². The van der Waals surface area contributed by atoms with Gasteiger partial charge in [-0.2, -0.15) is 0 Å². The molecule has 0 aromatic heterocycles. The number of aryl methyl sites for hydroxylation is 2. The van der Waals surface area contributed by atoms with E-state index in [9.17, 15) is 13.9 Å². The number of benzene rings is 2. The van der Waals surface area contributed by atoms with Crippen molar-refractivity contribution >= 4 is 15.9 Å². The van der Waals surface area contributed by atoms with Gasteiger partial charge in [0.15, 0.2) is 0 Å². The van der Waals surface area contributed by atoms with E-state index >= 15 is 0 Å². The Labute approximate surface area is 131 Å². The van der Waals surface area contributed by atoms with Crippen LogP contribution in [-0.4, -0.2) is 11.2 Å². The van der Waals surface area contributed by atoms with Crippen LogP contribution in [0.3, 0.4) is 0 Å². The van der Waals surface area contributed by atoms with Gasteiger partial charge in [0, 0.05) is 12.0 Å². The minimum Gasteiger partial charge on any atom is -0.393 e. The first-order valence-corrected chi connectivity index (χ1v) is 7.62. The molecule has 0 bridgehead atoms. The van der Waals surface area contributed by atoms with Crippen molar-refractivity contribution in [3.8, 4) is 0 Å². The largest absolute Gasteiger partial charge is 0.393 e. The third kappa shape index (κ3) is 4.35. The zero-order valence-corrected chi connectivity index (χ0v) is 13.3. The maximum absolute atomic E-state index is 13.8. The highest BCUT2D eigenvalue weighted by Gasteiger charge is 2.16. The summed E-state index contributed by atoms with van der Waals surface area (Å²) in [4.78, 5) is 0. The van der Waals surface area contributed by atoms with E-state index in [0.29, 0.717) is 12.8 Å². The summed E-state index contributed by atoms with van der Waals surface area (Å²) in [7, 11) is 0. The second kappa shape index (κ2) is 7.14. The summed E-state index contributed by atoms with van der Waals surface area (Å²) in [6, 6.07) is 10.5. The Morgan fingerprint density at radius 3 is 2.67 bits per heavy atom. The first-order valence-electron chi connectivity index (χ1n) is 6.83. The van der Waals surface area contributed by atoms with Gasteiger partial charge in [-0.25, -0.2) is 8.78 Å². The molecule has 21 heavy (non-hydrogen) atoms. The molecule has 1 atom stereocenters. The first-order chi connectivity index (χ1) is 9.97. The normalized spacial score (nSPS) is 12.4. The van der Waals surface area contributed by atoms with Crippen molar-refractivity contribution in [1.82, 2.24) is 0 Å². The predicted molar refractivity (Wildman–Crippen MR) is 83.3 cm³/mol. The van der Waals surface area contributed by atoms with Crippen LogP contribution in [0.15, 0.2) is 40.9 Å². The number of hydrogen-bond acceptors (Lipinski definition) is 1.